The molecular weight excluding hydrogens is 240 g/mol. The van der Waals surface area contributed by atoms with Gasteiger partial charge in [-0.05, 0) is 18.6 Å². The number of benzene rings is 1. The Morgan fingerprint density at radius 2 is 2.41 bits per heavy atom. The normalized spacial score (nSPS) is 20.2. The van der Waals surface area contributed by atoms with Crippen LogP contribution >= 0.6 is 11.6 Å². The SMILES string of the molecule is O=c1[nH]c2cccc(Cl)c2n1CC1CCOC1. The van der Waals surface area contributed by atoms with Crippen molar-refractivity contribution in [2.45, 2.75) is 13.0 Å². The van der Waals surface area contributed by atoms with Crippen LogP contribution in [0.25, 0.3) is 11.0 Å². The summed E-state index contributed by atoms with van der Waals surface area (Å²) < 4.78 is 7.05. The molecule has 1 aliphatic rings. The predicted molar refractivity (Wildman–Crippen MR) is 66.5 cm³/mol. The highest BCUT2D eigenvalue weighted by Crippen LogP contribution is 2.23. The Labute approximate surface area is 103 Å². The molecule has 5 heteroatoms. The van der Waals surface area contributed by atoms with E-state index in [0.717, 1.165) is 30.7 Å². The monoisotopic (exact) mass is 252 g/mol. The number of fused-ring (bicyclic) bond motifs is 1. The van der Waals surface area contributed by atoms with Crippen molar-refractivity contribution in [3.8, 4) is 0 Å². The molecule has 0 aliphatic carbocycles. The van der Waals surface area contributed by atoms with E-state index in [1.165, 1.54) is 0 Å². The zero-order valence-corrected chi connectivity index (χ0v) is 10.0. The maximum atomic E-state index is 11.9. The molecule has 1 aromatic heterocycles. The summed E-state index contributed by atoms with van der Waals surface area (Å²) in [6, 6.07) is 5.51. The minimum Gasteiger partial charge on any atom is -0.381 e. The van der Waals surface area contributed by atoms with Crippen molar-refractivity contribution in [3.63, 3.8) is 0 Å². The lowest BCUT2D eigenvalue weighted by Gasteiger charge is -2.09. The van der Waals surface area contributed by atoms with Crippen molar-refractivity contribution >= 4 is 22.6 Å². The molecule has 1 aliphatic heterocycles. The van der Waals surface area contributed by atoms with Crippen LogP contribution in [0.5, 0.6) is 0 Å². The van der Waals surface area contributed by atoms with Crippen molar-refractivity contribution in [1.82, 2.24) is 9.55 Å². The maximum absolute atomic E-state index is 11.9. The first kappa shape index (κ1) is 10.9. The van der Waals surface area contributed by atoms with Crippen LogP contribution in [0.15, 0.2) is 23.0 Å². The highest BCUT2D eigenvalue weighted by molar-refractivity contribution is 6.34. The van der Waals surface area contributed by atoms with E-state index in [-0.39, 0.29) is 5.69 Å². The first-order valence-corrected chi connectivity index (χ1v) is 6.08. The molecule has 0 amide bonds. The van der Waals surface area contributed by atoms with E-state index in [1.54, 1.807) is 10.6 Å². The van der Waals surface area contributed by atoms with Gasteiger partial charge < -0.3 is 9.72 Å². The van der Waals surface area contributed by atoms with Gasteiger partial charge in [0.1, 0.15) is 0 Å². The molecule has 0 radical (unpaired) electrons. The van der Waals surface area contributed by atoms with Crippen molar-refractivity contribution in [3.05, 3.63) is 33.7 Å². The number of aromatic nitrogens is 2. The van der Waals surface area contributed by atoms with Gasteiger partial charge in [-0.25, -0.2) is 4.79 Å². The van der Waals surface area contributed by atoms with E-state index in [1.807, 2.05) is 12.1 Å². The van der Waals surface area contributed by atoms with Gasteiger partial charge in [-0.2, -0.15) is 0 Å². The van der Waals surface area contributed by atoms with Gasteiger partial charge in [0.25, 0.3) is 0 Å². The standard InChI is InChI=1S/C12H13ClN2O2/c13-9-2-1-3-10-11(9)15(12(16)14-10)6-8-4-5-17-7-8/h1-3,8H,4-7H2,(H,14,16). The second kappa shape index (κ2) is 4.20. The van der Waals surface area contributed by atoms with Gasteiger partial charge in [0, 0.05) is 19.1 Å². The van der Waals surface area contributed by atoms with Crippen LogP contribution in [0.2, 0.25) is 5.02 Å². The van der Waals surface area contributed by atoms with Crippen molar-refractivity contribution in [2.24, 2.45) is 5.92 Å². The average Bonchev–Trinajstić information content (AvgIpc) is 2.89. The minimum absolute atomic E-state index is 0.0972. The number of imidazole rings is 1. The zero-order chi connectivity index (χ0) is 11.8. The number of nitrogens with zero attached hydrogens (tertiary/aromatic N) is 1. The van der Waals surface area contributed by atoms with Crippen molar-refractivity contribution < 1.29 is 4.74 Å². The van der Waals surface area contributed by atoms with Crippen molar-refractivity contribution in [2.75, 3.05) is 13.2 Å². The number of aromatic amines is 1. The molecule has 90 valence electrons. The van der Waals surface area contributed by atoms with Crippen molar-refractivity contribution in [1.29, 1.82) is 0 Å². The summed E-state index contributed by atoms with van der Waals surface area (Å²) in [4.78, 5) is 14.7. The zero-order valence-electron chi connectivity index (χ0n) is 9.28. The molecule has 2 aromatic rings. The smallest absolute Gasteiger partial charge is 0.326 e. The fraction of sp³-hybridized carbons (Fsp3) is 0.417. The molecule has 1 atom stereocenters. The van der Waals surface area contributed by atoms with Crippen LogP contribution < -0.4 is 5.69 Å². The number of ether oxygens (including phenoxy) is 1. The Balaban J connectivity index is 2.08. The molecular formula is C12H13ClN2O2. The summed E-state index contributed by atoms with van der Waals surface area (Å²) in [5.41, 5.74) is 1.49. The van der Waals surface area contributed by atoms with Gasteiger partial charge in [0.15, 0.2) is 0 Å². The van der Waals surface area contributed by atoms with Crippen LogP contribution in [0, 0.1) is 5.92 Å². The fourth-order valence-electron chi connectivity index (χ4n) is 2.33. The highest BCUT2D eigenvalue weighted by Gasteiger charge is 2.19. The molecule has 3 rings (SSSR count). The number of nitrogens with one attached hydrogen (secondary N) is 1. The molecule has 0 saturated carbocycles. The van der Waals surface area contributed by atoms with Gasteiger partial charge in [0.2, 0.25) is 0 Å². The molecule has 1 aromatic carbocycles. The third kappa shape index (κ3) is 1.87. The Morgan fingerprint density at radius 3 is 3.18 bits per heavy atom. The molecule has 1 fully saturated rings. The summed E-state index contributed by atoms with van der Waals surface area (Å²) >= 11 is 6.15. The summed E-state index contributed by atoms with van der Waals surface area (Å²) in [7, 11) is 0. The molecule has 0 bridgehead atoms. The Hall–Kier alpha value is -1.26. The second-order valence-corrected chi connectivity index (χ2v) is 4.81. The number of H-pyrrole nitrogens is 1. The summed E-state index contributed by atoms with van der Waals surface area (Å²) in [5, 5.41) is 0.611. The van der Waals surface area contributed by atoms with E-state index in [2.05, 4.69) is 4.98 Å². The summed E-state index contributed by atoms with van der Waals surface area (Å²) in [6.07, 6.45) is 1.00. The number of para-hydroxylation sites is 1. The first-order valence-electron chi connectivity index (χ1n) is 5.70. The summed E-state index contributed by atoms with van der Waals surface area (Å²) in [5.74, 6) is 0.406. The van der Waals surface area contributed by atoms with E-state index < -0.39 is 0 Å². The highest BCUT2D eigenvalue weighted by atomic mass is 35.5. The Kier molecular flexibility index (Phi) is 2.68. The number of hydrogen-bond acceptors (Lipinski definition) is 2. The Morgan fingerprint density at radius 1 is 1.53 bits per heavy atom. The third-order valence-corrected chi connectivity index (χ3v) is 3.51. The third-order valence-electron chi connectivity index (χ3n) is 3.21. The maximum Gasteiger partial charge on any atom is 0.326 e. The quantitative estimate of drug-likeness (QED) is 0.889. The van der Waals surface area contributed by atoms with E-state index in [9.17, 15) is 4.79 Å². The second-order valence-electron chi connectivity index (χ2n) is 4.41. The molecule has 1 N–H and O–H groups in total. The molecule has 1 unspecified atom stereocenters. The van der Waals surface area contributed by atoms with E-state index in [4.69, 9.17) is 16.3 Å². The summed E-state index contributed by atoms with van der Waals surface area (Å²) in [6.45, 7) is 2.18. The van der Waals surface area contributed by atoms with E-state index >= 15 is 0 Å². The van der Waals surface area contributed by atoms with Crippen LogP contribution in [-0.4, -0.2) is 22.8 Å². The van der Waals surface area contributed by atoms with Crippen LogP contribution in [0.3, 0.4) is 0 Å². The van der Waals surface area contributed by atoms with Gasteiger partial charge >= 0.3 is 5.69 Å². The first-order chi connectivity index (χ1) is 8.25. The van der Waals surface area contributed by atoms with Gasteiger partial charge in [-0.3, -0.25) is 4.57 Å². The lowest BCUT2D eigenvalue weighted by Crippen LogP contribution is -2.21. The number of hydrogen-bond donors (Lipinski definition) is 1. The van der Waals surface area contributed by atoms with Crippen LogP contribution in [0.4, 0.5) is 0 Å². The predicted octanol–water partition coefficient (Wildman–Crippen LogP) is 2.02. The largest absolute Gasteiger partial charge is 0.381 e. The Bertz CT molecular complexity index is 596. The fourth-order valence-corrected chi connectivity index (χ4v) is 2.61. The van der Waals surface area contributed by atoms with Gasteiger partial charge in [-0.15, -0.1) is 0 Å². The molecule has 4 nitrogen and oxygen atoms in total. The van der Waals surface area contributed by atoms with Gasteiger partial charge in [-0.1, -0.05) is 17.7 Å². The average molecular weight is 253 g/mol. The topological polar surface area (TPSA) is 47.0 Å². The van der Waals surface area contributed by atoms with Crippen LogP contribution in [-0.2, 0) is 11.3 Å². The number of halogens is 1. The molecule has 2 heterocycles. The van der Waals surface area contributed by atoms with Crippen LogP contribution in [0.1, 0.15) is 6.42 Å². The lowest BCUT2D eigenvalue weighted by molar-refractivity contribution is 0.182. The molecule has 17 heavy (non-hydrogen) atoms. The minimum atomic E-state index is -0.0972. The van der Waals surface area contributed by atoms with Gasteiger partial charge in [0.05, 0.1) is 22.7 Å². The van der Waals surface area contributed by atoms with E-state index in [0.29, 0.717) is 17.5 Å². The lowest BCUT2D eigenvalue weighted by atomic mass is 10.1. The number of rotatable bonds is 2. The molecule has 1 saturated heterocycles. The molecule has 0 spiro atoms.